The van der Waals surface area contributed by atoms with E-state index in [9.17, 15) is 18.0 Å². The minimum atomic E-state index is -4.60. The number of aromatic nitrogens is 2. The Morgan fingerprint density at radius 2 is 2.19 bits per heavy atom. The zero-order chi connectivity index (χ0) is 12.3. The van der Waals surface area contributed by atoms with Gasteiger partial charge in [0.05, 0.1) is 6.20 Å². The van der Waals surface area contributed by atoms with Crippen LogP contribution < -0.4 is 5.73 Å². The second-order valence-corrected chi connectivity index (χ2v) is 2.90. The van der Waals surface area contributed by atoms with Gasteiger partial charge in [0.25, 0.3) is 6.47 Å². The first kappa shape index (κ1) is 12.2. The fourth-order valence-corrected chi connectivity index (χ4v) is 1.01. The number of ether oxygens (including phenoxy) is 1. The van der Waals surface area contributed by atoms with Gasteiger partial charge in [0.15, 0.2) is 5.69 Å². The first-order valence-electron chi connectivity index (χ1n) is 4.15. The molecule has 1 atom stereocenters. The van der Waals surface area contributed by atoms with Crippen LogP contribution >= 0.6 is 0 Å². The summed E-state index contributed by atoms with van der Waals surface area (Å²) in [4.78, 5) is 16.6. The molecule has 0 radical (unpaired) electrons. The molecule has 8 heteroatoms. The number of halogens is 3. The third kappa shape index (κ3) is 2.59. The number of nitrogen functional groups attached to an aromatic ring is 1. The van der Waals surface area contributed by atoms with E-state index in [-0.39, 0.29) is 12.2 Å². The van der Waals surface area contributed by atoms with E-state index in [1.807, 2.05) is 0 Å². The highest BCUT2D eigenvalue weighted by atomic mass is 19.4. The van der Waals surface area contributed by atoms with Crippen molar-refractivity contribution in [3.63, 3.8) is 0 Å². The second kappa shape index (κ2) is 4.33. The highest BCUT2D eigenvalue weighted by molar-refractivity contribution is 5.41. The molecular weight excluding hydrogens is 227 g/mol. The summed E-state index contributed by atoms with van der Waals surface area (Å²) in [6.45, 7) is 1.57. The van der Waals surface area contributed by atoms with E-state index in [0.29, 0.717) is 6.20 Å². The van der Waals surface area contributed by atoms with E-state index in [0.717, 1.165) is 0 Å². The number of nitrogens with zero attached hydrogens (tertiary/aromatic N) is 2. The summed E-state index contributed by atoms with van der Waals surface area (Å²) < 4.78 is 41.1. The molecule has 2 N–H and O–H groups in total. The van der Waals surface area contributed by atoms with Crippen molar-refractivity contribution < 1.29 is 22.7 Å². The fourth-order valence-electron chi connectivity index (χ4n) is 1.01. The zero-order valence-corrected chi connectivity index (χ0v) is 8.15. The molecule has 0 bridgehead atoms. The van der Waals surface area contributed by atoms with E-state index < -0.39 is 23.8 Å². The summed E-state index contributed by atoms with van der Waals surface area (Å²) >= 11 is 0. The van der Waals surface area contributed by atoms with Gasteiger partial charge in [-0.25, -0.2) is 4.98 Å². The molecule has 1 aromatic rings. The molecular formula is C8H8F3N3O2. The molecule has 0 aliphatic heterocycles. The van der Waals surface area contributed by atoms with Crippen molar-refractivity contribution in [3.8, 4) is 0 Å². The highest BCUT2D eigenvalue weighted by Gasteiger charge is 2.33. The van der Waals surface area contributed by atoms with Crippen molar-refractivity contribution in [2.45, 2.75) is 19.2 Å². The van der Waals surface area contributed by atoms with Gasteiger partial charge in [0, 0.05) is 0 Å². The summed E-state index contributed by atoms with van der Waals surface area (Å²) in [5.74, 6) is -0.413. The lowest BCUT2D eigenvalue weighted by atomic mass is 10.2. The minimum Gasteiger partial charge on any atom is -0.458 e. The van der Waals surface area contributed by atoms with Crippen molar-refractivity contribution in [2.75, 3.05) is 5.73 Å². The van der Waals surface area contributed by atoms with Crippen molar-refractivity contribution in [3.05, 3.63) is 17.6 Å². The Balaban J connectivity index is 3.05. The molecule has 0 aliphatic carbocycles. The lowest BCUT2D eigenvalue weighted by Gasteiger charge is -2.12. The quantitative estimate of drug-likeness (QED) is 0.799. The largest absolute Gasteiger partial charge is 0.458 e. The van der Waals surface area contributed by atoms with Gasteiger partial charge < -0.3 is 10.5 Å². The maximum atomic E-state index is 12.2. The number of carbonyl (C=O) groups excluding carboxylic acids is 1. The Kier molecular flexibility index (Phi) is 3.31. The number of rotatable bonds is 3. The monoisotopic (exact) mass is 235 g/mol. The van der Waals surface area contributed by atoms with Gasteiger partial charge >= 0.3 is 6.18 Å². The smallest absolute Gasteiger partial charge is 0.434 e. The maximum absolute atomic E-state index is 12.2. The fraction of sp³-hybridized carbons (Fsp3) is 0.375. The first-order valence-corrected chi connectivity index (χ1v) is 4.15. The molecule has 5 nitrogen and oxygen atoms in total. The van der Waals surface area contributed by atoms with Crippen LogP contribution in [-0.2, 0) is 15.7 Å². The molecule has 0 amide bonds. The van der Waals surface area contributed by atoms with Crippen molar-refractivity contribution in [1.82, 2.24) is 9.97 Å². The number of anilines is 1. The standard InChI is InChI=1S/C8H8F3N3O2/c1-4(16-3-15)6-7(12)14-5(2-13-6)8(9,10)11/h2-4H,1H3,(H2,12,14). The molecule has 1 aromatic heterocycles. The SMILES string of the molecule is CC(OC=O)c1ncc(C(F)(F)F)nc1N. The number of hydrogen-bond acceptors (Lipinski definition) is 5. The predicted molar refractivity (Wildman–Crippen MR) is 47.0 cm³/mol. The Hall–Kier alpha value is -1.86. The van der Waals surface area contributed by atoms with Gasteiger partial charge in [-0.2, -0.15) is 13.2 Å². The van der Waals surface area contributed by atoms with E-state index in [1.165, 1.54) is 6.92 Å². The van der Waals surface area contributed by atoms with Gasteiger partial charge in [0.1, 0.15) is 17.6 Å². The van der Waals surface area contributed by atoms with Crippen LogP contribution in [0.25, 0.3) is 0 Å². The van der Waals surface area contributed by atoms with Crippen LogP contribution in [0.2, 0.25) is 0 Å². The molecule has 0 aliphatic rings. The molecule has 88 valence electrons. The zero-order valence-electron chi connectivity index (χ0n) is 8.15. The van der Waals surface area contributed by atoms with Gasteiger partial charge in [-0.15, -0.1) is 0 Å². The first-order chi connectivity index (χ1) is 7.36. The van der Waals surface area contributed by atoms with Gasteiger partial charge in [-0.1, -0.05) is 0 Å². The molecule has 1 heterocycles. The summed E-state index contributed by atoms with van der Waals surface area (Å²) in [5.41, 5.74) is 4.08. The van der Waals surface area contributed by atoms with Crippen LogP contribution in [0.5, 0.6) is 0 Å². The predicted octanol–water partition coefficient (Wildman–Crippen LogP) is 1.31. The number of carbonyl (C=O) groups is 1. The Labute approximate surface area is 88.4 Å². The minimum absolute atomic E-state index is 0.0138. The number of alkyl halides is 3. The van der Waals surface area contributed by atoms with Gasteiger partial charge in [-0.3, -0.25) is 9.78 Å². The van der Waals surface area contributed by atoms with E-state index in [4.69, 9.17) is 5.73 Å². The molecule has 0 spiro atoms. The summed E-state index contributed by atoms with van der Waals surface area (Å²) in [5, 5.41) is 0. The molecule has 0 saturated heterocycles. The third-order valence-electron chi connectivity index (χ3n) is 1.76. The molecule has 16 heavy (non-hydrogen) atoms. The van der Waals surface area contributed by atoms with Crippen LogP contribution in [0, 0.1) is 0 Å². The van der Waals surface area contributed by atoms with Crippen LogP contribution in [0.15, 0.2) is 6.20 Å². The topological polar surface area (TPSA) is 78.1 Å². The van der Waals surface area contributed by atoms with Crippen molar-refractivity contribution in [2.24, 2.45) is 0 Å². The lowest BCUT2D eigenvalue weighted by Crippen LogP contribution is -2.14. The van der Waals surface area contributed by atoms with Crippen LogP contribution in [0.4, 0.5) is 19.0 Å². The molecule has 0 fully saturated rings. The average Bonchev–Trinajstić information content (AvgIpc) is 2.16. The Morgan fingerprint density at radius 3 is 2.62 bits per heavy atom. The van der Waals surface area contributed by atoms with E-state index >= 15 is 0 Å². The van der Waals surface area contributed by atoms with Crippen LogP contribution in [0.3, 0.4) is 0 Å². The Bertz CT molecular complexity index is 395. The van der Waals surface area contributed by atoms with E-state index in [1.54, 1.807) is 0 Å². The normalized spacial score (nSPS) is 13.2. The van der Waals surface area contributed by atoms with Crippen molar-refractivity contribution in [1.29, 1.82) is 0 Å². The summed E-state index contributed by atoms with van der Waals surface area (Å²) in [7, 11) is 0. The second-order valence-electron chi connectivity index (χ2n) is 2.90. The molecule has 0 saturated carbocycles. The number of nitrogens with two attached hydrogens (primary N) is 1. The molecule has 0 aromatic carbocycles. The van der Waals surface area contributed by atoms with Crippen LogP contribution in [0.1, 0.15) is 24.4 Å². The van der Waals surface area contributed by atoms with Gasteiger partial charge in [-0.05, 0) is 6.92 Å². The average molecular weight is 235 g/mol. The Morgan fingerprint density at radius 1 is 1.56 bits per heavy atom. The number of hydrogen-bond donors (Lipinski definition) is 1. The van der Waals surface area contributed by atoms with Crippen LogP contribution in [-0.4, -0.2) is 16.4 Å². The summed E-state index contributed by atoms with van der Waals surface area (Å²) in [6.07, 6.45) is -4.91. The highest BCUT2D eigenvalue weighted by Crippen LogP contribution is 2.29. The molecule has 1 rings (SSSR count). The maximum Gasteiger partial charge on any atom is 0.434 e. The lowest BCUT2D eigenvalue weighted by molar-refractivity contribution is -0.141. The third-order valence-corrected chi connectivity index (χ3v) is 1.76. The van der Waals surface area contributed by atoms with E-state index in [2.05, 4.69) is 14.7 Å². The molecule has 1 unspecified atom stereocenters. The van der Waals surface area contributed by atoms with Gasteiger partial charge in [0.2, 0.25) is 0 Å². The van der Waals surface area contributed by atoms with Crippen molar-refractivity contribution >= 4 is 12.3 Å². The summed E-state index contributed by atoms with van der Waals surface area (Å²) in [6, 6.07) is 0.